The Morgan fingerprint density at radius 3 is 2.62 bits per heavy atom. The van der Waals surface area contributed by atoms with E-state index in [0.29, 0.717) is 0 Å². The zero-order valence-corrected chi connectivity index (χ0v) is 11.1. The summed E-state index contributed by atoms with van der Waals surface area (Å²) >= 11 is 0. The van der Waals surface area contributed by atoms with Crippen LogP contribution in [0.1, 0.15) is 5.69 Å². The molecule has 1 heterocycles. The average molecular weight is 280 g/mol. The lowest BCUT2D eigenvalue weighted by Gasteiger charge is -2.07. The zero-order chi connectivity index (χ0) is 14.7. The molecule has 0 N–H and O–H groups in total. The monoisotopic (exact) mass is 280 g/mol. The van der Waals surface area contributed by atoms with Crippen LogP contribution < -0.4 is 4.74 Å². The molecule has 0 unspecified atom stereocenters. The second-order valence-electron chi connectivity index (χ2n) is 4.51. The molecule has 0 aliphatic heterocycles. The fourth-order valence-corrected chi connectivity index (χ4v) is 2.07. The van der Waals surface area contributed by atoms with Gasteiger partial charge in [0.25, 0.3) is 0 Å². The van der Waals surface area contributed by atoms with Gasteiger partial charge in [-0.25, -0.2) is 4.98 Å². The van der Waals surface area contributed by atoms with Gasteiger partial charge in [-0.15, -0.1) is 0 Å². The fourth-order valence-electron chi connectivity index (χ4n) is 2.07. The normalized spacial score (nSPS) is 10.5. The summed E-state index contributed by atoms with van der Waals surface area (Å²) in [5.41, 5.74) is 1.56. The highest BCUT2D eigenvalue weighted by Crippen LogP contribution is 2.26. The Morgan fingerprint density at radius 1 is 1.00 bits per heavy atom. The number of nitrogens with zero attached hydrogens (tertiary/aromatic N) is 2. The summed E-state index contributed by atoms with van der Waals surface area (Å²) in [5.74, 6) is 0.248. The molecular weight excluding hydrogens is 268 g/mol. The Balaban J connectivity index is 1.82. The number of hydrogen-bond acceptors (Lipinski definition) is 4. The number of rotatable bonds is 4. The number of nitro groups is 1. The topological polar surface area (TPSA) is 65.3 Å². The van der Waals surface area contributed by atoms with E-state index in [1.54, 1.807) is 18.2 Å². The molecule has 3 aromatic rings. The molecule has 21 heavy (non-hydrogen) atoms. The average Bonchev–Trinajstić information content (AvgIpc) is 2.53. The number of ether oxygens (including phenoxy) is 1. The molecule has 0 amide bonds. The second kappa shape index (κ2) is 5.58. The molecule has 0 aliphatic rings. The van der Waals surface area contributed by atoms with E-state index >= 15 is 0 Å². The lowest BCUT2D eigenvalue weighted by atomic mass is 10.2. The third-order valence-electron chi connectivity index (χ3n) is 3.09. The van der Waals surface area contributed by atoms with Crippen molar-refractivity contribution in [3.8, 4) is 5.75 Å². The smallest absolute Gasteiger partial charge is 0.310 e. The summed E-state index contributed by atoms with van der Waals surface area (Å²) in [7, 11) is 0. The second-order valence-corrected chi connectivity index (χ2v) is 4.51. The summed E-state index contributed by atoms with van der Waals surface area (Å²) in [6.07, 6.45) is 0. The van der Waals surface area contributed by atoms with Gasteiger partial charge in [-0.1, -0.05) is 36.4 Å². The molecule has 3 rings (SSSR count). The van der Waals surface area contributed by atoms with Gasteiger partial charge in [0.15, 0.2) is 5.75 Å². The third kappa shape index (κ3) is 2.81. The predicted molar refractivity (Wildman–Crippen MR) is 79.2 cm³/mol. The van der Waals surface area contributed by atoms with Crippen LogP contribution in [0.4, 0.5) is 5.69 Å². The summed E-state index contributed by atoms with van der Waals surface area (Å²) in [5, 5.41) is 12.0. The van der Waals surface area contributed by atoms with Gasteiger partial charge >= 0.3 is 5.69 Å². The Morgan fingerprint density at radius 2 is 1.76 bits per heavy atom. The number of pyridine rings is 1. The van der Waals surface area contributed by atoms with Gasteiger partial charge in [-0.05, 0) is 18.2 Å². The maximum atomic E-state index is 10.9. The molecule has 0 saturated heterocycles. The highest BCUT2D eigenvalue weighted by Gasteiger charge is 2.13. The first-order chi connectivity index (χ1) is 10.2. The van der Waals surface area contributed by atoms with Gasteiger partial charge in [0, 0.05) is 11.5 Å². The SMILES string of the molecule is O=[N+]([O-])c1ccccc1OCc1ccc2ccccc2n1. The first kappa shape index (κ1) is 13.1. The van der Waals surface area contributed by atoms with Crippen molar-refractivity contribution < 1.29 is 9.66 Å². The van der Waals surface area contributed by atoms with Crippen LogP contribution >= 0.6 is 0 Å². The number of benzene rings is 2. The Bertz CT molecular complexity index is 802. The molecule has 104 valence electrons. The molecule has 1 aromatic heterocycles. The molecule has 0 fully saturated rings. The highest BCUT2D eigenvalue weighted by atomic mass is 16.6. The van der Waals surface area contributed by atoms with Crippen LogP contribution in [-0.2, 0) is 6.61 Å². The maximum Gasteiger partial charge on any atom is 0.310 e. The van der Waals surface area contributed by atoms with Crippen molar-refractivity contribution in [1.82, 2.24) is 4.98 Å². The van der Waals surface area contributed by atoms with E-state index in [9.17, 15) is 10.1 Å². The van der Waals surface area contributed by atoms with Crippen LogP contribution in [0.25, 0.3) is 10.9 Å². The van der Waals surface area contributed by atoms with Gasteiger partial charge in [-0.2, -0.15) is 0 Å². The van der Waals surface area contributed by atoms with Crippen LogP contribution in [-0.4, -0.2) is 9.91 Å². The molecule has 0 bridgehead atoms. The van der Waals surface area contributed by atoms with Gasteiger partial charge < -0.3 is 4.74 Å². The van der Waals surface area contributed by atoms with Crippen LogP contribution in [0.5, 0.6) is 5.75 Å². The van der Waals surface area contributed by atoms with E-state index in [1.165, 1.54) is 6.07 Å². The van der Waals surface area contributed by atoms with E-state index in [4.69, 9.17) is 4.74 Å². The van der Waals surface area contributed by atoms with E-state index in [-0.39, 0.29) is 18.0 Å². The Labute approximate surface area is 121 Å². The molecule has 0 spiro atoms. The van der Waals surface area contributed by atoms with E-state index < -0.39 is 4.92 Å². The van der Waals surface area contributed by atoms with Crippen molar-refractivity contribution in [3.05, 3.63) is 76.5 Å². The van der Waals surface area contributed by atoms with Crippen LogP contribution in [0.15, 0.2) is 60.7 Å². The van der Waals surface area contributed by atoms with Gasteiger partial charge in [-0.3, -0.25) is 10.1 Å². The molecule has 5 nitrogen and oxygen atoms in total. The standard InChI is InChI=1S/C16H12N2O3/c19-18(20)15-7-3-4-8-16(15)21-11-13-10-9-12-5-1-2-6-14(12)17-13/h1-10H,11H2. The molecule has 5 heteroatoms. The van der Waals surface area contributed by atoms with Crippen molar-refractivity contribution in [2.75, 3.05) is 0 Å². The van der Waals surface area contributed by atoms with E-state index in [1.807, 2.05) is 36.4 Å². The molecule has 2 aromatic carbocycles. The van der Waals surface area contributed by atoms with E-state index in [0.717, 1.165) is 16.6 Å². The third-order valence-corrected chi connectivity index (χ3v) is 3.09. The fraction of sp³-hybridized carbons (Fsp3) is 0.0625. The van der Waals surface area contributed by atoms with Crippen LogP contribution in [0, 0.1) is 10.1 Å². The quantitative estimate of drug-likeness (QED) is 0.539. The predicted octanol–water partition coefficient (Wildman–Crippen LogP) is 3.72. The Kier molecular flexibility index (Phi) is 3.47. The molecule has 0 atom stereocenters. The number of fused-ring (bicyclic) bond motifs is 1. The first-order valence-corrected chi connectivity index (χ1v) is 6.45. The first-order valence-electron chi connectivity index (χ1n) is 6.45. The van der Waals surface area contributed by atoms with Crippen molar-refractivity contribution in [3.63, 3.8) is 0 Å². The summed E-state index contributed by atoms with van der Waals surface area (Å²) in [6.45, 7) is 0.190. The minimum Gasteiger partial charge on any atom is -0.480 e. The minimum atomic E-state index is -0.455. The van der Waals surface area contributed by atoms with Gasteiger partial charge in [0.1, 0.15) is 6.61 Å². The summed E-state index contributed by atoms with van der Waals surface area (Å²) < 4.78 is 5.53. The molecule has 0 radical (unpaired) electrons. The number of para-hydroxylation sites is 3. The maximum absolute atomic E-state index is 10.9. The molecule has 0 aliphatic carbocycles. The summed E-state index contributed by atoms with van der Waals surface area (Å²) in [6, 6.07) is 17.9. The lowest BCUT2D eigenvalue weighted by molar-refractivity contribution is -0.385. The van der Waals surface area contributed by atoms with Gasteiger partial charge in [0.2, 0.25) is 0 Å². The lowest BCUT2D eigenvalue weighted by Crippen LogP contribution is -2.00. The van der Waals surface area contributed by atoms with Crippen molar-refractivity contribution in [2.45, 2.75) is 6.61 Å². The van der Waals surface area contributed by atoms with Crippen molar-refractivity contribution >= 4 is 16.6 Å². The van der Waals surface area contributed by atoms with E-state index in [2.05, 4.69) is 4.98 Å². The van der Waals surface area contributed by atoms with Gasteiger partial charge in [0.05, 0.1) is 16.1 Å². The zero-order valence-electron chi connectivity index (χ0n) is 11.1. The Hall–Kier alpha value is -2.95. The minimum absolute atomic E-state index is 0.0433. The largest absolute Gasteiger partial charge is 0.480 e. The van der Waals surface area contributed by atoms with Crippen molar-refractivity contribution in [1.29, 1.82) is 0 Å². The van der Waals surface area contributed by atoms with Crippen LogP contribution in [0.3, 0.4) is 0 Å². The number of nitro benzene ring substituents is 1. The summed E-state index contributed by atoms with van der Waals surface area (Å²) in [4.78, 5) is 14.9. The molecule has 0 saturated carbocycles. The van der Waals surface area contributed by atoms with Crippen LogP contribution in [0.2, 0.25) is 0 Å². The van der Waals surface area contributed by atoms with Crippen molar-refractivity contribution in [2.24, 2.45) is 0 Å². The number of hydrogen-bond donors (Lipinski definition) is 0. The highest BCUT2D eigenvalue weighted by molar-refractivity contribution is 5.78. The molecular formula is C16H12N2O3. The number of aromatic nitrogens is 1.